The van der Waals surface area contributed by atoms with E-state index in [-0.39, 0.29) is 0 Å². The van der Waals surface area contributed by atoms with Gasteiger partial charge in [0, 0.05) is 8.07 Å². The van der Waals surface area contributed by atoms with Crippen LogP contribution in [0.25, 0.3) is 0 Å². The summed E-state index contributed by atoms with van der Waals surface area (Å²) in [4.78, 5) is 0. The topological polar surface area (TPSA) is 0 Å². The van der Waals surface area contributed by atoms with Crippen LogP contribution in [0, 0.1) is 29.6 Å². The van der Waals surface area contributed by atoms with Gasteiger partial charge in [-0.15, -0.1) is 6.58 Å². The molecule has 0 spiro atoms. The Hall–Kier alpha value is 0.174. The van der Waals surface area contributed by atoms with Crippen molar-refractivity contribution >= 4 is 16.1 Å². The minimum absolute atomic E-state index is 0.917. The van der Waals surface area contributed by atoms with Crippen LogP contribution in [0.3, 0.4) is 0 Å². The van der Waals surface area contributed by atoms with Crippen LogP contribution in [0.4, 0.5) is 0 Å². The average Bonchev–Trinajstić information content (AvgIpc) is 2.98. The first-order chi connectivity index (χ1) is 11.3. The predicted octanol–water partition coefficient (Wildman–Crippen LogP) is 8.08. The lowest BCUT2D eigenvalue weighted by atomic mass is 9.92. The largest absolute Gasteiger partial charge is 0.100 e. The monoisotopic (exact) mass is 378 g/mol. The summed E-state index contributed by atoms with van der Waals surface area (Å²) in [5.41, 5.74) is 3.66. The maximum absolute atomic E-state index is 4.46. The Bertz CT molecular complexity index is 459. The molecule has 0 aliphatic heterocycles. The highest BCUT2D eigenvalue weighted by atomic mass is 28.3. The van der Waals surface area contributed by atoms with Crippen LogP contribution in [-0.4, -0.2) is 16.1 Å². The van der Waals surface area contributed by atoms with Gasteiger partial charge in [-0.3, -0.25) is 0 Å². The van der Waals surface area contributed by atoms with Crippen LogP contribution in [0.15, 0.2) is 12.2 Å². The van der Waals surface area contributed by atoms with Gasteiger partial charge in [0.25, 0.3) is 0 Å². The molecule has 0 aromatic carbocycles. The minimum Gasteiger partial charge on any atom is -0.100 e. The smallest absolute Gasteiger partial charge is 0.0541 e. The number of hydrogen-bond acceptors (Lipinski definition) is 0. The van der Waals surface area contributed by atoms with Gasteiger partial charge in [0.15, 0.2) is 0 Å². The summed E-state index contributed by atoms with van der Waals surface area (Å²) in [5.74, 6) is 4.66. The minimum atomic E-state index is -1.21. The zero-order valence-corrected chi connectivity index (χ0v) is 20.8. The molecule has 2 rings (SSSR count). The van der Waals surface area contributed by atoms with Gasteiger partial charge in [-0.1, -0.05) is 78.8 Å². The Morgan fingerprint density at radius 2 is 1.36 bits per heavy atom. The highest BCUT2D eigenvalue weighted by Crippen LogP contribution is 2.59. The summed E-state index contributed by atoms with van der Waals surface area (Å²) in [6, 6.07) is 1.33. The molecule has 2 saturated carbocycles. The van der Waals surface area contributed by atoms with Crippen LogP contribution < -0.4 is 0 Å². The Labute approximate surface area is 161 Å². The summed E-state index contributed by atoms with van der Waals surface area (Å²) in [6.45, 7) is 27.6. The molecule has 6 atom stereocenters. The molecule has 0 amide bonds. The Morgan fingerprint density at radius 1 is 0.840 bits per heavy atom. The van der Waals surface area contributed by atoms with E-state index in [0.717, 1.165) is 40.7 Å². The van der Waals surface area contributed by atoms with E-state index in [2.05, 4.69) is 67.0 Å². The Balaban J connectivity index is 1.99. The van der Waals surface area contributed by atoms with Crippen molar-refractivity contribution in [2.45, 2.75) is 103 Å². The van der Waals surface area contributed by atoms with Crippen LogP contribution in [-0.2, 0) is 0 Å². The first kappa shape index (κ1) is 21.5. The van der Waals surface area contributed by atoms with Crippen LogP contribution in [0.5, 0.6) is 0 Å². The molecule has 2 aliphatic carbocycles. The highest BCUT2D eigenvalue weighted by molar-refractivity contribution is 6.80. The molecule has 2 fully saturated rings. The van der Waals surface area contributed by atoms with Crippen molar-refractivity contribution in [3.8, 4) is 0 Å². The number of rotatable bonds is 6. The molecular weight excluding hydrogens is 332 g/mol. The van der Waals surface area contributed by atoms with E-state index in [0.29, 0.717) is 0 Å². The maximum atomic E-state index is 4.46. The molecule has 0 bridgehead atoms. The lowest BCUT2D eigenvalue weighted by Gasteiger charge is -2.41. The van der Waals surface area contributed by atoms with Gasteiger partial charge >= 0.3 is 0 Å². The van der Waals surface area contributed by atoms with Crippen LogP contribution in [0.1, 0.15) is 53.4 Å². The molecule has 25 heavy (non-hydrogen) atoms. The van der Waals surface area contributed by atoms with Gasteiger partial charge < -0.3 is 0 Å². The molecule has 0 radical (unpaired) electrons. The molecule has 0 aromatic rings. The third kappa shape index (κ3) is 4.72. The van der Waals surface area contributed by atoms with E-state index >= 15 is 0 Å². The maximum Gasteiger partial charge on any atom is 0.0541 e. The second-order valence-corrected chi connectivity index (χ2v) is 22.5. The Morgan fingerprint density at radius 3 is 1.84 bits per heavy atom. The quantitative estimate of drug-likeness (QED) is 0.323. The molecule has 6 unspecified atom stereocenters. The normalized spacial score (nSPS) is 39.8. The van der Waals surface area contributed by atoms with Gasteiger partial charge in [-0.2, -0.15) is 0 Å². The summed E-state index contributed by atoms with van der Waals surface area (Å²) in [7, 11) is -2.20. The summed E-state index contributed by atoms with van der Waals surface area (Å²) in [5, 5.41) is 0. The van der Waals surface area contributed by atoms with Gasteiger partial charge in [0.2, 0.25) is 0 Å². The van der Waals surface area contributed by atoms with Crippen LogP contribution in [0.2, 0.25) is 49.9 Å². The third-order valence-corrected chi connectivity index (χ3v) is 15.4. The van der Waals surface area contributed by atoms with Crippen molar-refractivity contribution in [3.63, 3.8) is 0 Å². The lowest BCUT2D eigenvalue weighted by Crippen LogP contribution is -2.41. The molecule has 0 N–H and O–H groups in total. The first-order valence-electron chi connectivity index (χ1n) is 11.0. The average molecular weight is 379 g/mol. The van der Waals surface area contributed by atoms with E-state index < -0.39 is 16.1 Å². The van der Waals surface area contributed by atoms with E-state index in [9.17, 15) is 0 Å². The molecule has 0 saturated heterocycles. The van der Waals surface area contributed by atoms with E-state index in [1.54, 1.807) is 5.57 Å². The fourth-order valence-corrected chi connectivity index (χ4v) is 14.2. The molecule has 0 heterocycles. The second-order valence-electron chi connectivity index (χ2n) is 11.9. The second kappa shape index (κ2) is 7.66. The molecule has 2 aliphatic rings. The van der Waals surface area contributed by atoms with E-state index in [1.807, 2.05) is 0 Å². The zero-order valence-electron chi connectivity index (χ0n) is 18.8. The summed E-state index contributed by atoms with van der Waals surface area (Å²) in [6.07, 6.45) is 5.84. The van der Waals surface area contributed by atoms with Crippen molar-refractivity contribution < 1.29 is 0 Å². The van der Waals surface area contributed by atoms with Gasteiger partial charge in [-0.25, -0.2) is 0 Å². The zero-order chi connectivity index (χ0) is 19.2. The molecule has 0 nitrogen and oxygen atoms in total. The van der Waals surface area contributed by atoms with Crippen molar-refractivity contribution in [2.24, 2.45) is 29.6 Å². The standard InChI is InChI=1S/C23H46Si2/c1-16(15-24(6,7)8)13-21-11-12-22(14-21)25(9,10)23-19(4)17(2)18(3)20(23)5/h17-23H,1,11-15H2,2-10H3. The molecule has 2 heteroatoms. The molecule has 0 aromatic heterocycles. The van der Waals surface area contributed by atoms with Crippen molar-refractivity contribution in [2.75, 3.05) is 0 Å². The van der Waals surface area contributed by atoms with E-state index in [1.165, 1.54) is 31.7 Å². The fourth-order valence-electron chi connectivity index (χ4n) is 6.88. The van der Waals surface area contributed by atoms with Gasteiger partial charge in [-0.05, 0) is 59.6 Å². The third-order valence-electron chi connectivity index (χ3n) is 8.43. The van der Waals surface area contributed by atoms with Gasteiger partial charge in [0.1, 0.15) is 0 Å². The van der Waals surface area contributed by atoms with Crippen molar-refractivity contribution in [1.82, 2.24) is 0 Å². The fraction of sp³-hybridized carbons (Fsp3) is 0.913. The van der Waals surface area contributed by atoms with Crippen LogP contribution >= 0.6 is 0 Å². The predicted molar refractivity (Wildman–Crippen MR) is 121 cm³/mol. The van der Waals surface area contributed by atoms with Crippen molar-refractivity contribution in [1.29, 1.82) is 0 Å². The highest BCUT2D eigenvalue weighted by Gasteiger charge is 2.52. The van der Waals surface area contributed by atoms with Crippen molar-refractivity contribution in [3.05, 3.63) is 12.2 Å². The Kier molecular flexibility index (Phi) is 6.58. The van der Waals surface area contributed by atoms with E-state index in [4.69, 9.17) is 0 Å². The lowest BCUT2D eigenvalue weighted by molar-refractivity contribution is 0.352. The summed E-state index contributed by atoms with van der Waals surface area (Å²) < 4.78 is 0. The first-order valence-corrected chi connectivity index (χ1v) is 17.9. The summed E-state index contributed by atoms with van der Waals surface area (Å²) >= 11 is 0. The number of hydrogen-bond donors (Lipinski definition) is 0. The van der Waals surface area contributed by atoms with Gasteiger partial charge in [0.05, 0.1) is 8.07 Å². The number of allylic oxidation sites excluding steroid dienone is 1. The molecular formula is C23H46Si2. The molecule has 146 valence electrons. The SMILES string of the molecule is C=C(CC1CCC([Si](C)(C)C2C(C)C(C)C(C)C2C)C1)C[Si](C)(C)C.